The van der Waals surface area contributed by atoms with Crippen LogP contribution in [-0.2, 0) is 36.0 Å². The van der Waals surface area contributed by atoms with Gasteiger partial charge in [0.1, 0.15) is 5.82 Å². The van der Waals surface area contributed by atoms with Crippen molar-refractivity contribution in [3.05, 3.63) is 135 Å². The number of sulfonamides is 2. The average Bonchev–Trinajstić information content (AvgIpc) is 3.21. The first-order chi connectivity index (χ1) is 26.9. The molecule has 2 fully saturated rings. The van der Waals surface area contributed by atoms with Gasteiger partial charge in [-0.2, -0.15) is 8.61 Å². The van der Waals surface area contributed by atoms with Gasteiger partial charge in [-0.15, -0.1) is 0 Å². The molecule has 5 aromatic rings. The molecular formula is C38H39N7O9S2. The summed E-state index contributed by atoms with van der Waals surface area (Å²) < 4.78 is 62.7. The summed E-state index contributed by atoms with van der Waals surface area (Å²) in [4.78, 5) is 45.3. The minimum Gasteiger partial charge on any atom is -0.379 e. The zero-order valence-electron chi connectivity index (χ0n) is 30.1. The van der Waals surface area contributed by atoms with Crippen LogP contribution in [0.3, 0.4) is 0 Å². The van der Waals surface area contributed by atoms with Crippen LogP contribution >= 0.6 is 0 Å². The Kier molecular flexibility index (Phi) is 11.4. The molecule has 2 aliphatic rings. The van der Waals surface area contributed by atoms with Crippen LogP contribution in [0.2, 0.25) is 0 Å². The lowest BCUT2D eigenvalue weighted by molar-refractivity contribution is -0.384. The number of nitro benzene ring substituents is 1. The molecule has 0 radical (unpaired) electrons. The maximum atomic E-state index is 14.3. The molecule has 4 aromatic carbocycles. The van der Waals surface area contributed by atoms with Crippen molar-refractivity contribution in [3.8, 4) is 5.69 Å². The molecule has 0 bridgehead atoms. The SMILES string of the molecule is O=C(CN1CCN(S(=O)(=O)c2ccc([N+](=O)[O-])cc2)CC1)N[C@@H](Cc1ccccc1)c1nc2ccccc2c(=O)n1-c1ccc(S(=O)(=O)N2CCOCC2)cc1. The summed E-state index contributed by atoms with van der Waals surface area (Å²) in [6.07, 6.45) is 0.266. The Labute approximate surface area is 323 Å². The first-order valence-electron chi connectivity index (χ1n) is 17.9. The van der Waals surface area contributed by atoms with E-state index in [1.165, 1.54) is 37.4 Å². The molecule has 1 amide bonds. The van der Waals surface area contributed by atoms with Crippen molar-refractivity contribution in [3.63, 3.8) is 0 Å². The van der Waals surface area contributed by atoms with E-state index >= 15 is 0 Å². The number of benzene rings is 4. The number of ether oxygens (including phenoxy) is 1. The molecule has 7 rings (SSSR count). The molecule has 3 heterocycles. The number of carbonyl (C=O) groups excluding carboxylic acids is 1. The van der Waals surface area contributed by atoms with Crippen LogP contribution in [-0.4, -0.2) is 110 Å². The number of piperazine rings is 1. The van der Waals surface area contributed by atoms with Crippen molar-refractivity contribution in [2.45, 2.75) is 22.3 Å². The molecule has 2 saturated heterocycles. The predicted molar refractivity (Wildman–Crippen MR) is 206 cm³/mol. The zero-order valence-corrected chi connectivity index (χ0v) is 31.8. The van der Waals surface area contributed by atoms with E-state index in [4.69, 9.17) is 9.72 Å². The number of hydrogen-bond acceptors (Lipinski definition) is 11. The fraction of sp³-hybridized carbons (Fsp3) is 0.289. The fourth-order valence-corrected chi connectivity index (χ4v) is 9.68. The monoisotopic (exact) mass is 801 g/mol. The third-order valence-corrected chi connectivity index (χ3v) is 13.6. The van der Waals surface area contributed by atoms with E-state index in [9.17, 15) is 36.5 Å². The maximum Gasteiger partial charge on any atom is 0.269 e. The standard InChI is InChI=1S/C38H39N7O9S2/c46-36(27-41-18-20-42(21-19-41)55(50,51)32-16-12-30(13-17-32)45(48)49)39-35(26-28-6-2-1-3-7-28)37-40-34-9-5-4-8-33(34)38(47)44(37)29-10-14-31(15-11-29)56(52,53)43-22-24-54-25-23-43/h1-17,35H,18-27H2,(H,39,46)/t35-/m0/s1. The first kappa shape index (κ1) is 38.9. The van der Waals surface area contributed by atoms with Gasteiger partial charge in [-0.25, -0.2) is 21.8 Å². The smallest absolute Gasteiger partial charge is 0.269 e. The first-order valence-corrected chi connectivity index (χ1v) is 20.8. The van der Waals surface area contributed by atoms with Crippen molar-refractivity contribution in [1.82, 2.24) is 28.4 Å². The van der Waals surface area contributed by atoms with Gasteiger partial charge in [0, 0.05) is 51.4 Å². The van der Waals surface area contributed by atoms with E-state index in [-0.39, 0.29) is 79.4 Å². The summed E-state index contributed by atoms with van der Waals surface area (Å²) in [7, 11) is -7.72. The summed E-state index contributed by atoms with van der Waals surface area (Å²) in [6.45, 7) is 1.71. The van der Waals surface area contributed by atoms with Gasteiger partial charge >= 0.3 is 0 Å². The predicted octanol–water partition coefficient (Wildman–Crippen LogP) is 2.72. The number of para-hydroxylation sites is 1. The largest absolute Gasteiger partial charge is 0.379 e. The second-order valence-corrected chi connectivity index (χ2v) is 17.3. The van der Waals surface area contributed by atoms with E-state index in [1.54, 1.807) is 36.4 Å². The van der Waals surface area contributed by atoms with Crippen molar-refractivity contribution in [1.29, 1.82) is 0 Å². The summed E-state index contributed by atoms with van der Waals surface area (Å²) in [5.74, 6) is -0.132. The molecule has 1 aromatic heterocycles. The Morgan fingerprint density at radius 1 is 0.768 bits per heavy atom. The molecule has 16 nitrogen and oxygen atoms in total. The second kappa shape index (κ2) is 16.4. The lowest BCUT2D eigenvalue weighted by atomic mass is 10.0. The molecule has 0 saturated carbocycles. The zero-order chi connectivity index (χ0) is 39.5. The quantitative estimate of drug-likeness (QED) is 0.144. The average molecular weight is 802 g/mol. The minimum absolute atomic E-state index is 0.0552. The normalized spacial score (nSPS) is 16.7. The van der Waals surface area contributed by atoms with Gasteiger partial charge in [0.2, 0.25) is 26.0 Å². The Balaban J connectivity index is 1.15. The molecule has 0 spiro atoms. The van der Waals surface area contributed by atoms with Crippen LogP contribution in [0.15, 0.2) is 118 Å². The van der Waals surface area contributed by atoms with Crippen LogP contribution < -0.4 is 10.9 Å². The van der Waals surface area contributed by atoms with E-state index in [0.717, 1.165) is 17.7 Å². The van der Waals surface area contributed by atoms with Gasteiger partial charge in [-0.3, -0.25) is 29.2 Å². The van der Waals surface area contributed by atoms with Crippen molar-refractivity contribution in [2.75, 3.05) is 59.0 Å². The lowest BCUT2D eigenvalue weighted by Gasteiger charge is -2.34. The maximum absolute atomic E-state index is 14.3. The van der Waals surface area contributed by atoms with Crippen molar-refractivity contribution in [2.24, 2.45) is 0 Å². The number of aromatic nitrogens is 2. The summed E-state index contributed by atoms with van der Waals surface area (Å²) in [6, 6.07) is 26.2. The number of hydrogen-bond donors (Lipinski definition) is 1. The lowest BCUT2D eigenvalue weighted by Crippen LogP contribution is -2.51. The number of nitro groups is 1. The molecular weight excluding hydrogens is 763 g/mol. The number of fused-ring (bicyclic) bond motifs is 1. The molecule has 1 atom stereocenters. The number of non-ortho nitro benzene ring substituents is 1. The molecule has 56 heavy (non-hydrogen) atoms. The van der Waals surface area contributed by atoms with Gasteiger partial charge in [-0.1, -0.05) is 42.5 Å². The van der Waals surface area contributed by atoms with Crippen LogP contribution in [0.5, 0.6) is 0 Å². The highest BCUT2D eigenvalue weighted by atomic mass is 32.2. The van der Waals surface area contributed by atoms with E-state index in [0.29, 0.717) is 29.8 Å². The number of nitrogens with zero attached hydrogens (tertiary/aromatic N) is 6. The summed E-state index contributed by atoms with van der Waals surface area (Å²) in [5.41, 5.74) is 1.04. The van der Waals surface area contributed by atoms with Crippen LogP contribution in [0.4, 0.5) is 5.69 Å². The second-order valence-electron chi connectivity index (χ2n) is 13.4. The summed E-state index contributed by atoms with van der Waals surface area (Å²) >= 11 is 0. The molecule has 0 aliphatic carbocycles. The topological polar surface area (TPSA) is 194 Å². The molecule has 0 unspecified atom stereocenters. The Morgan fingerprint density at radius 3 is 1.96 bits per heavy atom. The van der Waals surface area contributed by atoms with Crippen LogP contribution in [0.25, 0.3) is 16.6 Å². The van der Waals surface area contributed by atoms with Crippen molar-refractivity contribution >= 4 is 42.5 Å². The number of nitrogens with one attached hydrogen (secondary N) is 1. The molecule has 18 heteroatoms. The van der Waals surface area contributed by atoms with Crippen LogP contribution in [0.1, 0.15) is 17.4 Å². The minimum atomic E-state index is -3.91. The number of amides is 1. The highest BCUT2D eigenvalue weighted by Crippen LogP contribution is 2.25. The highest BCUT2D eigenvalue weighted by Gasteiger charge is 2.31. The van der Waals surface area contributed by atoms with Gasteiger partial charge in [0.15, 0.2) is 0 Å². The summed E-state index contributed by atoms with van der Waals surface area (Å²) in [5, 5.41) is 14.5. The van der Waals surface area contributed by atoms with Gasteiger partial charge in [0.25, 0.3) is 11.2 Å². The molecule has 292 valence electrons. The third kappa shape index (κ3) is 8.25. The molecule has 1 N–H and O–H groups in total. The Morgan fingerprint density at radius 2 is 1.34 bits per heavy atom. The number of rotatable bonds is 12. The highest BCUT2D eigenvalue weighted by molar-refractivity contribution is 7.89. The Hall–Kier alpha value is -5.37. The number of morpholine rings is 1. The van der Waals surface area contributed by atoms with Crippen LogP contribution in [0, 0.1) is 10.1 Å². The van der Waals surface area contributed by atoms with E-state index < -0.39 is 36.6 Å². The van der Waals surface area contributed by atoms with Crippen molar-refractivity contribution < 1.29 is 31.3 Å². The van der Waals surface area contributed by atoms with Gasteiger partial charge < -0.3 is 10.1 Å². The third-order valence-electron chi connectivity index (χ3n) is 9.82. The van der Waals surface area contributed by atoms with Gasteiger partial charge in [0.05, 0.1) is 57.1 Å². The van der Waals surface area contributed by atoms with E-state index in [1.807, 2.05) is 35.2 Å². The fourth-order valence-electron chi connectivity index (χ4n) is 6.85. The number of carbonyl (C=O) groups is 1. The molecule has 2 aliphatic heterocycles. The Bertz CT molecular complexity index is 2500. The van der Waals surface area contributed by atoms with E-state index in [2.05, 4.69) is 5.32 Å². The van der Waals surface area contributed by atoms with Gasteiger partial charge in [-0.05, 0) is 60.5 Å².